The number of carbonyl (C=O) groups excluding carboxylic acids is 1. The molecule has 1 saturated carbocycles. The van der Waals surface area contributed by atoms with E-state index in [1.165, 1.54) is 12.1 Å². The topological polar surface area (TPSA) is 57.6 Å². The minimum atomic E-state index is -0.828. The van der Waals surface area contributed by atoms with Gasteiger partial charge in [-0.25, -0.2) is 4.39 Å². The van der Waals surface area contributed by atoms with Gasteiger partial charge in [0.15, 0.2) is 0 Å². The third-order valence-corrected chi connectivity index (χ3v) is 4.25. The fraction of sp³-hybridized carbons (Fsp3) is 0.467. The number of hydrogen-bond donors (Lipinski definition) is 1. The molecule has 5 heteroatoms. The number of carbonyl (C=O) groups is 2. The minimum Gasteiger partial charge on any atom is -0.481 e. The van der Waals surface area contributed by atoms with Crippen molar-refractivity contribution in [2.75, 3.05) is 13.1 Å². The first kappa shape index (κ1) is 13.1. The zero-order valence-electron chi connectivity index (χ0n) is 11.0. The van der Waals surface area contributed by atoms with Crippen LogP contribution in [0.15, 0.2) is 24.3 Å². The Bertz CT molecular complexity index is 543. The molecule has 1 N–H and O–H groups in total. The van der Waals surface area contributed by atoms with Crippen molar-refractivity contribution < 1.29 is 19.1 Å². The van der Waals surface area contributed by atoms with Crippen LogP contribution in [0.1, 0.15) is 24.3 Å². The zero-order chi connectivity index (χ0) is 14.3. The molecule has 3 rings (SSSR count). The van der Waals surface area contributed by atoms with Crippen LogP contribution < -0.4 is 0 Å². The van der Waals surface area contributed by atoms with Gasteiger partial charge in [0.1, 0.15) is 5.82 Å². The van der Waals surface area contributed by atoms with Crippen LogP contribution in [0, 0.1) is 17.7 Å². The smallest absolute Gasteiger partial charge is 0.308 e. The van der Waals surface area contributed by atoms with Crippen molar-refractivity contribution in [3.05, 3.63) is 35.6 Å². The molecule has 0 aromatic heterocycles. The number of amides is 1. The van der Waals surface area contributed by atoms with Gasteiger partial charge in [-0.15, -0.1) is 0 Å². The number of nitrogens with zero attached hydrogens (tertiary/aromatic N) is 1. The summed E-state index contributed by atoms with van der Waals surface area (Å²) in [6.07, 6.45) is 1.31. The monoisotopic (exact) mass is 277 g/mol. The molecule has 0 bridgehead atoms. The quantitative estimate of drug-likeness (QED) is 0.917. The van der Waals surface area contributed by atoms with E-state index in [2.05, 4.69) is 0 Å². The van der Waals surface area contributed by atoms with Gasteiger partial charge >= 0.3 is 5.97 Å². The third kappa shape index (κ3) is 2.40. The SMILES string of the molecule is O=C(O)[C@@H]1CCN(C(=O)[C@H]2C[C@@H]2c2ccc(F)cc2)C1. The maximum atomic E-state index is 12.9. The molecule has 4 nitrogen and oxygen atoms in total. The molecule has 1 saturated heterocycles. The molecule has 1 aliphatic carbocycles. The molecule has 0 unspecified atom stereocenters. The Labute approximate surface area is 116 Å². The van der Waals surface area contributed by atoms with E-state index in [4.69, 9.17) is 5.11 Å². The van der Waals surface area contributed by atoms with Crippen molar-refractivity contribution in [1.82, 2.24) is 4.90 Å². The number of benzene rings is 1. The van der Waals surface area contributed by atoms with Crippen LogP contribution >= 0.6 is 0 Å². The van der Waals surface area contributed by atoms with Gasteiger partial charge in [0, 0.05) is 19.0 Å². The van der Waals surface area contributed by atoms with Crippen LogP contribution in [0.4, 0.5) is 4.39 Å². The van der Waals surface area contributed by atoms with Gasteiger partial charge in [-0.2, -0.15) is 0 Å². The van der Waals surface area contributed by atoms with E-state index >= 15 is 0 Å². The van der Waals surface area contributed by atoms with Gasteiger partial charge in [0.05, 0.1) is 5.92 Å². The Morgan fingerprint density at radius 2 is 1.95 bits per heavy atom. The second-order valence-corrected chi connectivity index (χ2v) is 5.61. The average molecular weight is 277 g/mol. The standard InChI is InChI=1S/C15H16FNO3/c16-11-3-1-9(2-4-11)12-7-13(12)14(18)17-6-5-10(8-17)15(19)20/h1-4,10,12-13H,5-8H2,(H,19,20)/t10-,12-,13+/m1/s1. The van der Waals surface area contributed by atoms with Crippen molar-refractivity contribution in [1.29, 1.82) is 0 Å². The van der Waals surface area contributed by atoms with Crippen molar-refractivity contribution >= 4 is 11.9 Å². The summed E-state index contributed by atoms with van der Waals surface area (Å²) in [6, 6.07) is 6.26. The van der Waals surface area contributed by atoms with Crippen LogP contribution in [-0.2, 0) is 9.59 Å². The van der Waals surface area contributed by atoms with Crippen molar-refractivity contribution in [3.63, 3.8) is 0 Å². The predicted molar refractivity (Wildman–Crippen MR) is 69.6 cm³/mol. The summed E-state index contributed by atoms with van der Waals surface area (Å²) in [7, 11) is 0. The van der Waals surface area contributed by atoms with E-state index in [1.54, 1.807) is 17.0 Å². The number of rotatable bonds is 3. The van der Waals surface area contributed by atoms with E-state index in [0.717, 1.165) is 12.0 Å². The highest BCUT2D eigenvalue weighted by molar-refractivity contribution is 5.84. The van der Waals surface area contributed by atoms with Gasteiger partial charge in [0.2, 0.25) is 5.91 Å². The van der Waals surface area contributed by atoms with E-state index in [-0.39, 0.29) is 23.6 Å². The molecule has 2 fully saturated rings. The fourth-order valence-electron chi connectivity index (χ4n) is 2.94. The number of halogens is 1. The summed E-state index contributed by atoms with van der Waals surface area (Å²) in [5.74, 6) is -1.39. The highest BCUT2D eigenvalue weighted by atomic mass is 19.1. The van der Waals surface area contributed by atoms with Crippen molar-refractivity contribution in [3.8, 4) is 0 Å². The molecule has 20 heavy (non-hydrogen) atoms. The minimum absolute atomic E-state index is 0.0445. The molecular weight excluding hydrogens is 261 g/mol. The summed E-state index contributed by atoms with van der Waals surface area (Å²) < 4.78 is 12.9. The van der Waals surface area contributed by atoms with E-state index < -0.39 is 11.9 Å². The Morgan fingerprint density at radius 1 is 1.25 bits per heavy atom. The van der Waals surface area contributed by atoms with Crippen LogP contribution in [0.3, 0.4) is 0 Å². The van der Waals surface area contributed by atoms with Gasteiger partial charge < -0.3 is 10.0 Å². The normalized spacial score (nSPS) is 28.4. The molecule has 3 atom stereocenters. The lowest BCUT2D eigenvalue weighted by molar-refractivity contribution is -0.141. The van der Waals surface area contributed by atoms with Gasteiger partial charge in [-0.05, 0) is 36.5 Å². The fourth-order valence-corrected chi connectivity index (χ4v) is 2.94. The van der Waals surface area contributed by atoms with Crippen molar-refractivity contribution in [2.45, 2.75) is 18.8 Å². The maximum absolute atomic E-state index is 12.9. The van der Waals surface area contributed by atoms with Gasteiger partial charge in [-0.3, -0.25) is 9.59 Å². The van der Waals surface area contributed by atoms with Crippen molar-refractivity contribution in [2.24, 2.45) is 11.8 Å². The second-order valence-electron chi connectivity index (χ2n) is 5.61. The third-order valence-electron chi connectivity index (χ3n) is 4.25. The zero-order valence-corrected chi connectivity index (χ0v) is 11.0. The van der Waals surface area contributed by atoms with Crippen LogP contribution in [-0.4, -0.2) is 35.0 Å². The summed E-state index contributed by atoms with van der Waals surface area (Å²) in [6.45, 7) is 0.850. The van der Waals surface area contributed by atoms with Gasteiger partial charge in [0.25, 0.3) is 0 Å². The molecule has 1 aliphatic heterocycles. The number of likely N-dealkylation sites (tertiary alicyclic amines) is 1. The number of carboxylic acid groups (broad SMARTS) is 1. The largest absolute Gasteiger partial charge is 0.481 e. The molecule has 1 amide bonds. The van der Waals surface area contributed by atoms with E-state index in [1.807, 2.05) is 0 Å². The number of carboxylic acids is 1. The molecular formula is C15H16FNO3. The Balaban J connectivity index is 1.61. The molecule has 0 spiro atoms. The first-order valence-corrected chi connectivity index (χ1v) is 6.83. The number of hydrogen-bond acceptors (Lipinski definition) is 2. The van der Waals surface area contributed by atoms with E-state index in [0.29, 0.717) is 19.5 Å². The Morgan fingerprint density at radius 3 is 2.55 bits per heavy atom. The predicted octanol–water partition coefficient (Wildman–Crippen LogP) is 1.86. The highest BCUT2D eigenvalue weighted by Gasteiger charge is 2.47. The summed E-state index contributed by atoms with van der Waals surface area (Å²) in [5.41, 5.74) is 0.985. The first-order valence-electron chi connectivity index (χ1n) is 6.83. The Hall–Kier alpha value is -1.91. The van der Waals surface area contributed by atoms with Gasteiger partial charge in [-0.1, -0.05) is 12.1 Å². The molecule has 106 valence electrons. The molecule has 1 aromatic rings. The molecule has 1 heterocycles. The summed E-state index contributed by atoms with van der Waals surface area (Å²) in [4.78, 5) is 24.8. The first-order chi connectivity index (χ1) is 9.56. The maximum Gasteiger partial charge on any atom is 0.308 e. The van der Waals surface area contributed by atoms with Crippen LogP contribution in [0.25, 0.3) is 0 Å². The second kappa shape index (κ2) is 4.89. The van der Waals surface area contributed by atoms with E-state index in [9.17, 15) is 14.0 Å². The number of aliphatic carboxylic acids is 1. The van der Waals surface area contributed by atoms with Crippen LogP contribution in [0.2, 0.25) is 0 Å². The molecule has 0 radical (unpaired) electrons. The molecule has 1 aromatic carbocycles. The van der Waals surface area contributed by atoms with Crippen LogP contribution in [0.5, 0.6) is 0 Å². The lowest BCUT2D eigenvalue weighted by Crippen LogP contribution is -2.31. The summed E-state index contributed by atoms with van der Waals surface area (Å²) >= 11 is 0. The highest BCUT2D eigenvalue weighted by Crippen LogP contribution is 2.48. The Kier molecular flexibility index (Phi) is 3.20. The summed E-state index contributed by atoms with van der Waals surface area (Å²) in [5, 5.41) is 8.95. The molecule has 2 aliphatic rings. The lowest BCUT2D eigenvalue weighted by Gasteiger charge is -2.15. The average Bonchev–Trinajstić information content (AvgIpc) is 3.06. The lowest BCUT2D eigenvalue weighted by atomic mass is 10.1.